The molecule has 1 aromatic carbocycles. The second-order valence-electron chi connectivity index (χ2n) is 9.17. The van der Waals surface area contributed by atoms with Gasteiger partial charge in [0.15, 0.2) is 0 Å². The van der Waals surface area contributed by atoms with Gasteiger partial charge in [0.05, 0.1) is 25.4 Å². The number of hydrogen-bond donors (Lipinski definition) is 2. The Morgan fingerprint density at radius 1 is 1.43 bits per heavy atom. The van der Waals surface area contributed by atoms with E-state index in [0.29, 0.717) is 23.8 Å². The van der Waals surface area contributed by atoms with Crippen LogP contribution in [0.15, 0.2) is 18.2 Å². The molecule has 2 N–H and O–H groups in total. The van der Waals surface area contributed by atoms with E-state index in [1.165, 1.54) is 6.07 Å². The highest BCUT2D eigenvalue weighted by atomic mass is 19.1. The van der Waals surface area contributed by atoms with Crippen molar-refractivity contribution in [1.29, 1.82) is 0 Å². The number of fused-ring (bicyclic) bond motifs is 1. The number of rotatable bonds is 5. The van der Waals surface area contributed by atoms with Gasteiger partial charge in [-0.25, -0.2) is 4.39 Å². The molecule has 154 valence electrons. The molecule has 1 spiro atoms. The van der Waals surface area contributed by atoms with E-state index in [2.05, 4.69) is 19.2 Å². The molecule has 0 aromatic heterocycles. The van der Waals surface area contributed by atoms with Crippen LogP contribution in [0.3, 0.4) is 0 Å². The van der Waals surface area contributed by atoms with Gasteiger partial charge in [0.2, 0.25) is 5.91 Å². The molecular weight excluding hydrogens is 361 g/mol. The first-order valence-corrected chi connectivity index (χ1v) is 10.2. The topological polar surface area (TPSA) is 67.8 Å². The smallest absolute Gasteiger partial charge is 0.222 e. The number of halogens is 1. The molecule has 3 fully saturated rings. The Kier molecular flexibility index (Phi) is 4.91. The van der Waals surface area contributed by atoms with Crippen molar-refractivity contribution in [3.05, 3.63) is 29.6 Å². The van der Waals surface area contributed by atoms with Crippen LogP contribution in [0.5, 0.6) is 5.75 Å². The van der Waals surface area contributed by atoms with E-state index < -0.39 is 0 Å². The number of carbonyl (C=O) groups is 1. The first-order valence-electron chi connectivity index (χ1n) is 10.2. The lowest BCUT2D eigenvalue weighted by Gasteiger charge is -2.53. The summed E-state index contributed by atoms with van der Waals surface area (Å²) in [5.41, 5.74) is 0.345. The Bertz CT molecular complexity index is 767. The summed E-state index contributed by atoms with van der Waals surface area (Å²) in [6.45, 7) is 4.83. The van der Waals surface area contributed by atoms with Gasteiger partial charge in [-0.05, 0) is 54.1 Å². The van der Waals surface area contributed by atoms with Crippen LogP contribution in [0.2, 0.25) is 0 Å². The van der Waals surface area contributed by atoms with Gasteiger partial charge < -0.3 is 19.9 Å². The van der Waals surface area contributed by atoms with Crippen LogP contribution >= 0.6 is 0 Å². The molecule has 1 aliphatic heterocycles. The maximum absolute atomic E-state index is 14.8. The normalized spacial score (nSPS) is 35.5. The molecular formula is C22H30FNO4. The van der Waals surface area contributed by atoms with Crippen molar-refractivity contribution in [2.24, 2.45) is 22.7 Å². The first kappa shape index (κ1) is 19.6. The van der Waals surface area contributed by atoms with Crippen LogP contribution in [0.4, 0.5) is 4.39 Å². The number of nitrogens with one attached hydrogen (secondary N) is 1. The molecule has 3 aliphatic rings. The molecule has 1 saturated heterocycles. The monoisotopic (exact) mass is 391 g/mol. The summed E-state index contributed by atoms with van der Waals surface area (Å²) < 4.78 is 26.4. The molecule has 2 saturated carbocycles. The molecule has 28 heavy (non-hydrogen) atoms. The van der Waals surface area contributed by atoms with Gasteiger partial charge in [0, 0.05) is 19.1 Å². The summed E-state index contributed by atoms with van der Waals surface area (Å²) in [6.07, 6.45) is 2.57. The van der Waals surface area contributed by atoms with Crippen LogP contribution in [-0.4, -0.2) is 37.4 Å². The second-order valence-corrected chi connectivity index (χ2v) is 9.17. The highest BCUT2D eigenvalue weighted by Crippen LogP contribution is 2.70. The average Bonchev–Trinajstić information content (AvgIpc) is 3.14. The quantitative estimate of drug-likeness (QED) is 0.809. The van der Waals surface area contributed by atoms with Crippen LogP contribution in [0.25, 0.3) is 0 Å². The van der Waals surface area contributed by atoms with Gasteiger partial charge in [-0.15, -0.1) is 0 Å². The van der Waals surface area contributed by atoms with Crippen LogP contribution < -0.4 is 10.1 Å². The summed E-state index contributed by atoms with van der Waals surface area (Å²) in [4.78, 5) is 12.4. The van der Waals surface area contributed by atoms with E-state index in [-0.39, 0.29) is 53.6 Å². The number of benzene rings is 1. The van der Waals surface area contributed by atoms with Crippen LogP contribution in [0, 0.1) is 28.5 Å². The lowest BCUT2D eigenvalue weighted by molar-refractivity contribution is -0.138. The minimum Gasteiger partial charge on any atom is -0.496 e. The standard InChI is InChI=1S/C22H30FNO4/c1-21(2)13-11-14-19(18-15(23)5-4-6-16(18)27-3)28-10-8-22(14,12-13)20(21)24-17(26)7-9-25/h4-6,13-14,19-20,25H,7-12H2,1-3H3,(H,24,26)/t13-,14-,19+,20+,22-/m1/s1. The number of ether oxygens (including phenoxy) is 2. The number of methoxy groups -OCH3 is 1. The molecule has 6 heteroatoms. The SMILES string of the molecule is COc1cccc(F)c1[C@H]1OCC[C@@]23C[C@@H](C[C@H]12)C(C)(C)[C@@H]3NC(=O)CCO. The molecule has 0 unspecified atom stereocenters. The number of hydrogen-bond acceptors (Lipinski definition) is 4. The van der Waals surface area contributed by atoms with E-state index in [9.17, 15) is 9.18 Å². The zero-order valence-electron chi connectivity index (χ0n) is 16.8. The minimum absolute atomic E-state index is 0.00744. The summed E-state index contributed by atoms with van der Waals surface area (Å²) >= 11 is 0. The molecule has 2 aliphatic carbocycles. The fourth-order valence-corrected chi connectivity index (χ4v) is 6.38. The summed E-state index contributed by atoms with van der Waals surface area (Å²) in [5.74, 6) is 0.672. The Hall–Kier alpha value is -1.66. The maximum atomic E-state index is 14.8. The van der Waals surface area contributed by atoms with Gasteiger partial charge in [0.1, 0.15) is 11.6 Å². The molecule has 1 heterocycles. The molecule has 2 bridgehead atoms. The van der Waals surface area contributed by atoms with Gasteiger partial charge in [-0.2, -0.15) is 0 Å². The van der Waals surface area contributed by atoms with E-state index in [1.807, 2.05) is 0 Å². The number of aliphatic hydroxyl groups excluding tert-OH is 1. The number of carbonyl (C=O) groups excluding carboxylic acids is 1. The Morgan fingerprint density at radius 3 is 2.93 bits per heavy atom. The van der Waals surface area contributed by atoms with Crippen molar-refractivity contribution in [3.63, 3.8) is 0 Å². The van der Waals surface area contributed by atoms with Crippen molar-refractivity contribution in [1.82, 2.24) is 5.32 Å². The zero-order chi connectivity index (χ0) is 20.1. The lowest BCUT2D eigenvalue weighted by atomic mass is 9.58. The minimum atomic E-state index is -0.372. The largest absolute Gasteiger partial charge is 0.496 e. The van der Waals surface area contributed by atoms with Crippen LogP contribution in [0.1, 0.15) is 51.2 Å². The molecule has 1 aromatic rings. The zero-order valence-corrected chi connectivity index (χ0v) is 16.8. The third kappa shape index (κ3) is 2.76. The second kappa shape index (κ2) is 6.99. The van der Waals surface area contributed by atoms with Crippen molar-refractivity contribution >= 4 is 5.91 Å². The molecule has 5 nitrogen and oxygen atoms in total. The van der Waals surface area contributed by atoms with Crippen molar-refractivity contribution in [2.45, 2.75) is 51.7 Å². The summed E-state index contributed by atoms with van der Waals surface area (Å²) in [6, 6.07) is 4.88. The first-order chi connectivity index (χ1) is 13.3. The third-order valence-corrected chi connectivity index (χ3v) is 7.67. The van der Waals surface area contributed by atoms with Gasteiger partial charge in [0.25, 0.3) is 0 Å². The molecule has 5 atom stereocenters. The Labute approximate surface area is 165 Å². The fraction of sp³-hybridized carbons (Fsp3) is 0.682. The summed E-state index contributed by atoms with van der Waals surface area (Å²) in [5, 5.41) is 12.4. The van der Waals surface area contributed by atoms with E-state index >= 15 is 0 Å². The molecule has 4 rings (SSSR count). The van der Waals surface area contributed by atoms with Gasteiger partial charge >= 0.3 is 0 Å². The number of amides is 1. The van der Waals surface area contributed by atoms with Crippen LogP contribution in [-0.2, 0) is 9.53 Å². The van der Waals surface area contributed by atoms with E-state index in [4.69, 9.17) is 14.6 Å². The Balaban J connectivity index is 1.72. The van der Waals surface area contributed by atoms with Crippen molar-refractivity contribution in [2.75, 3.05) is 20.3 Å². The maximum Gasteiger partial charge on any atom is 0.222 e. The van der Waals surface area contributed by atoms with E-state index in [1.54, 1.807) is 19.2 Å². The number of aliphatic hydroxyl groups is 1. The predicted molar refractivity (Wildman–Crippen MR) is 102 cm³/mol. The van der Waals surface area contributed by atoms with Crippen molar-refractivity contribution < 1.29 is 23.8 Å². The molecule has 0 radical (unpaired) electrons. The predicted octanol–water partition coefficient (Wildman–Crippen LogP) is 3.22. The Morgan fingerprint density at radius 2 is 2.21 bits per heavy atom. The lowest BCUT2D eigenvalue weighted by Crippen LogP contribution is -2.59. The van der Waals surface area contributed by atoms with Gasteiger partial charge in [-0.1, -0.05) is 19.9 Å². The molecule has 1 amide bonds. The highest BCUT2D eigenvalue weighted by Gasteiger charge is 2.68. The third-order valence-electron chi connectivity index (χ3n) is 7.67. The van der Waals surface area contributed by atoms with Crippen molar-refractivity contribution in [3.8, 4) is 5.75 Å². The summed E-state index contributed by atoms with van der Waals surface area (Å²) in [7, 11) is 1.55. The highest BCUT2D eigenvalue weighted by molar-refractivity contribution is 5.76. The van der Waals surface area contributed by atoms with E-state index in [0.717, 1.165) is 19.3 Å². The van der Waals surface area contributed by atoms with Gasteiger partial charge in [-0.3, -0.25) is 4.79 Å². The fourth-order valence-electron chi connectivity index (χ4n) is 6.38. The average molecular weight is 391 g/mol.